The SMILES string of the molecule is C=CC(c1ccc2nc(CC)c(Cc3ccc(CF)cc3)c(CCC)c2c1)(c1ccc(C)nc1C)c1cncn1C. The van der Waals surface area contributed by atoms with E-state index in [1.807, 2.05) is 56.8 Å². The molecule has 0 aliphatic rings. The van der Waals surface area contributed by atoms with Crippen LogP contribution in [-0.2, 0) is 38.4 Å². The Hall–Kier alpha value is -4.12. The third kappa shape index (κ3) is 5.10. The van der Waals surface area contributed by atoms with Crippen LogP contribution >= 0.6 is 0 Å². The zero-order valence-corrected chi connectivity index (χ0v) is 24.8. The highest BCUT2D eigenvalue weighted by Gasteiger charge is 2.38. The molecule has 0 N–H and O–H groups in total. The number of halogens is 1. The predicted molar refractivity (Wildman–Crippen MR) is 166 cm³/mol. The number of imidazole rings is 1. The average Bonchev–Trinajstić information content (AvgIpc) is 3.42. The number of allylic oxidation sites excluding steroid dienone is 1. The van der Waals surface area contributed by atoms with Gasteiger partial charge in [-0.15, -0.1) is 6.58 Å². The number of rotatable bonds is 10. The second-order valence-electron chi connectivity index (χ2n) is 11.0. The Kier molecular flexibility index (Phi) is 8.16. The minimum Gasteiger partial charge on any atom is -0.336 e. The van der Waals surface area contributed by atoms with Crippen LogP contribution in [0.4, 0.5) is 4.39 Å². The van der Waals surface area contributed by atoms with Crippen molar-refractivity contribution in [2.75, 3.05) is 0 Å². The molecule has 0 fully saturated rings. The third-order valence-electron chi connectivity index (χ3n) is 8.31. The number of aryl methyl sites for hydroxylation is 5. The van der Waals surface area contributed by atoms with Crippen molar-refractivity contribution in [1.29, 1.82) is 0 Å². The van der Waals surface area contributed by atoms with Gasteiger partial charge in [0.05, 0.1) is 23.0 Å². The molecule has 5 heteroatoms. The lowest BCUT2D eigenvalue weighted by atomic mass is 9.71. The molecule has 3 heterocycles. The largest absolute Gasteiger partial charge is 0.336 e. The number of alkyl halides is 1. The van der Waals surface area contributed by atoms with Crippen molar-refractivity contribution >= 4 is 10.9 Å². The molecular formula is C36H39FN4. The summed E-state index contributed by atoms with van der Waals surface area (Å²) < 4.78 is 15.2. The Morgan fingerprint density at radius 1 is 0.951 bits per heavy atom. The summed E-state index contributed by atoms with van der Waals surface area (Å²) in [5, 5.41) is 1.17. The van der Waals surface area contributed by atoms with E-state index in [4.69, 9.17) is 9.97 Å². The van der Waals surface area contributed by atoms with Crippen molar-refractivity contribution in [2.24, 2.45) is 7.05 Å². The normalized spacial score (nSPS) is 12.9. The maximum atomic E-state index is 13.2. The number of aromatic nitrogens is 4. The van der Waals surface area contributed by atoms with E-state index in [1.54, 1.807) is 0 Å². The molecule has 0 saturated carbocycles. The summed E-state index contributed by atoms with van der Waals surface area (Å²) in [7, 11) is 2.03. The molecule has 0 spiro atoms. The van der Waals surface area contributed by atoms with Crippen LogP contribution in [0.3, 0.4) is 0 Å². The Bertz CT molecular complexity index is 1700. The lowest BCUT2D eigenvalue weighted by Crippen LogP contribution is -2.30. The minimum atomic E-state index is -0.653. The van der Waals surface area contributed by atoms with E-state index in [-0.39, 0.29) is 0 Å². The van der Waals surface area contributed by atoms with E-state index in [1.165, 1.54) is 22.1 Å². The summed E-state index contributed by atoms with van der Waals surface area (Å²) in [6.07, 6.45) is 9.41. The molecule has 41 heavy (non-hydrogen) atoms. The fourth-order valence-corrected chi connectivity index (χ4v) is 6.27. The standard InChI is InChI=1S/C36H39FN4/c1-7-10-29-30(19-26-12-14-27(21-37)15-13-26)33(8-2)40-34-18-16-28(20-31(29)34)36(9-3,35-22-38-23-41(35)6)32-17-11-24(4)39-25(32)5/h9,11-18,20,22-23H,3,7-8,10,19,21H2,1-2,4-6H3. The second kappa shape index (κ2) is 11.8. The fraction of sp³-hybridized carbons (Fsp3) is 0.306. The third-order valence-corrected chi connectivity index (χ3v) is 8.31. The molecular weight excluding hydrogens is 507 g/mol. The van der Waals surface area contributed by atoms with Crippen LogP contribution in [0.25, 0.3) is 10.9 Å². The van der Waals surface area contributed by atoms with Crippen LogP contribution in [0.1, 0.15) is 76.4 Å². The Morgan fingerprint density at radius 3 is 2.32 bits per heavy atom. The van der Waals surface area contributed by atoms with Crippen LogP contribution in [0.2, 0.25) is 0 Å². The highest BCUT2D eigenvalue weighted by molar-refractivity contribution is 5.85. The predicted octanol–water partition coefficient (Wildman–Crippen LogP) is 8.08. The molecule has 3 aromatic heterocycles. The number of benzene rings is 2. The van der Waals surface area contributed by atoms with Crippen molar-refractivity contribution in [3.8, 4) is 0 Å². The van der Waals surface area contributed by atoms with Crippen LogP contribution in [0, 0.1) is 13.8 Å². The molecule has 0 bridgehead atoms. The summed E-state index contributed by atoms with van der Waals surface area (Å²) in [6.45, 7) is 12.4. The molecule has 0 amide bonds. The van der Waals surface area contributed by atoms with Crippen molar-refractivity contribution < 1.29 is 4.39 Å². The maximum absolute atomic E-state index is 13.2. The summed E-state index contributed by atoms with van der Waals surface area (Å²) in [4.78, 5) is 14.5. The molecule has 0 saturated heterocycles. The zero-order chi connectivity index (χ0) is 29.1. The van der Waals surface area contributed by atoms with Gasteiger partial charge in [-0.05, 0) is 84.7 Å². The van der Waals surface area contributed by atoms with Crippen LogP contribution in [0.5, 0.6) is 0 Å². The molecule has 5 aromatic rings. The average molecular weight is 547 g/mol. The number of nitrogens with zero attached hydrogens (tertiary/aromatic N) is 4. The fourth-order valence-electron chi connectivity index (χ4n) is 6.27. The van der Waals surface area contributed by atoms with Gasteiger partial charge in [-0.25, -0.2) is 9.37 Å². The van der Waals surface area contributed by atoms with E-state index in [0.29, 0.717) is 5.56 Å². The van der Waals surface area contributed by atoms with Crippen molar-refractivity contribution in [2.45, 2.75) is 65.5 Å². The molecule has 0 radical (unpaired) electrons. The molecule has 1 atom stereocenters. The first-order valence-corrected chi connectivity index (χ1v) is 14.5. The van der Waals surface area contributed by atoms with Gasteiger partial charge in [0.2, 0.25) is 0 Å². The topological polar surface area (TPSA) is 43.6 Å². The Balaban J connectivity index is 1.78. The van der Waals surface area contributed by atoms with Gasteiger partial charge in [0.25, 0.3) is 0 Å². The van der Waals surface area contributed by atoms with E-state index >= 15 is 0 Å². The molecule has 1 unspecified atom stereocenters. The first-order valence-electron chi connectivity index (χ1n) is 14.5. The first kappa shape index (κ1) is 28.4. The second-order valence-corrected chi connectivity index (χ2v) is 11.0. The van der Waals surface area contributed by atoms with Gasteiger partial charge in [0.15, 0.2) is 0 Å². The van der Waals surface area contributed by atoms with E-state index in [2.05, 4.69) is 67.2 Å². The Labute approximate surface area is 243 Å². The van der Waals surface area contributed by atoms with Crippen LogP contribution in [-0.4, -0.2) is 19.5 Å². The lowest BCUT2D eigenvalue weighted by Gasteiger charge is -2.34. The van der Waals surface area contributed by atoms with Gasteiger partial charge in [-0.1, -0.05) is 62.7 Å². The van der Waals surface area contributed by atoms with Crippen molar-refractivity contribution in [1.82, 2.24) is 19.5 Å². The number of hydrogen-bond acceptors (Lipinski definition) is 3. The minimum absolute atomic E-state index is 0.445. The maximum Gasteiger partial charge on any atom is 0.115 e. The molecule has 5 rings (SSSR count). The Morgan fingerprint density at radius 2 is 1.71 bits per heavy atom. The highest BCUT2D eigenvalue weighted by Crippen LogP contribution is 2.43. The van der Waals surface area contributed by atoms with E-state index in [9.17, 15) is 4.39 Å². The molecule has 210 valence electrons. The molecule has 2 aromatic carbocycles. The first-order chi connectivity index (χ1) is 19.9. The van der Waals surface area contributed by atoms with Gasteiger partial charge in [0, 0.05) is 35.7 Å². The summed E-state index contributed by atoms with van der Waals surface area (Å²) in [5.74, 6) is 0. The van der Waals surface area contributed by atoms with Gasteiger partial charge in [-0.3, -0.25) is 9.97 Å². The van der Waals surface area contributed by atoms with Gasteiger partial charge in [0.1, 0.15) is 6.67 Å². The smallest absolute Gasteiger partial charge is 0.115 e. The zero-order valence-electron chi connectivity index (χ0n) is 24.8. The monoisotopic (exact) mass is 546 g/mol. The van der Waals surface area contributed by atoms with E-state index in [0.717, 1.165) is 65.1 Å². The summed E-state index contributed by atoms with van der Waals surface area (Å²) >= 11 is 0. The molecule has 4 nitrogen and oxygen atoms in total. The van der Waals surface area contributed by atoms with Gasteiger partial charge >= 0.3 is 0 Å². The van der Waals surface area contributed by atoms with Gasteiger partial charge < -0.3 is 4.57 Å². The van der Waals surface area contributed by atoms with Crippen molar-refractivity contribution in [3.05, 3.63) is 136 Å². The van der Waals surface area contributed by atoms with Gasteiger partial charge in [-0.2, -0.15) is 0 Å². The highest BCUT2D eigenvalue weighted by atomic mass is 19.1. The van der Waals surface area contributed by atoms with Crippen LogP contribution in [0.15, 0.2) is 79.8 Å². The molecule has 0 aliphatic heterocycles. The number of hydrogen-bond donors (Lipinski definition) is 0. The quantitative estimate of drug-likeness (QED) is 0.166. The summed E-state index contributed by atoms with van der Waals surface area (Å²) in [5.41, 5.74) is 11.2. The van der Waals surface area contributed by atoms with Crippen LogP contribution < -0.4 is 0 Å². The van der Waals surface area contributed by atoms with E-state index < -0.39 is 12.1 Å². The summed E-state index contributed by atoms with van der Waals surface area (Å²) in [6, 6.07) is 18.8. The lowest BCUT2D eigenvalue weighted by molar-refractivity contribution is 0.485. The number of fused-ring (bicyclic) bond motifs is 1. The number of pyridine rings is 2. The van der Waals surface area contributed by atoms with Crippen molar-refractivity contribution in [3.63, 3.8) is 0 Å². The molecule has 0 aliphatic carbocycles.